The molecule has 6 nitrogen and oxygen atoms in total. The van der Waals surface area contributed by atoms with E-state index in [1.165, 1.54) is 11.3 Å². The van der Waals surface area contributed by atoms with Crippen LogP contribution < -0.4 is 5.73 Å². The first-order valence-corrected chi connectivity index (χ1v) is 7.51. The number of nitrogens with zero attached hydrogens (tertiary/aromatic N) is 4. The molecule has 1 aliphatic heterocycles. The predicted octanol–water partition coefficient (Wildman–Crippen LogP) is 1.48. The Morgan fingerprint density at radius 1 is 1.45 bits per heavy atom. The second-order valence-corrected chi connectivity index (χ2v) is 5.94. The van der Waals surface area contributed by atoms with Gasteiger partial charge in [0.25, 0.3) is 5.91 Å². The number of carbonyl (C=O) groups is 1. The fraction of sp³-hybridized carbons (Fsp3) is 0.462. The number of thiazole rings is 1. The lowest BCUT2D eigenvalue weighted by molar-refractivity contribution is 0.0705. The minimum absolute atomic E-state index is 0.0156. The van der Waals surface area contributed by atoms with Gasteiger partial charge in [0.15, 0.2) is 5.13 Å². The summed E-state index contributed by atoms with van der Waals surface area (Å²) in [5, 5.41) is 6.81. The van der Waals surface area contributed by atoms with Crippen molar-refractivity contribution in [2.45, 2.75) is 18.8 Å². The van der Waals surface area contributed by atoms with Gasteiger partial charge < -0.3 is 10.6 Å². The minimum Gasteiger partial charge on any atom is -0.375 e. The number of anilines is 1. The molecular formula is C13H17N5OS. The number of amides is 1. The highest BCUT2D eigenvalue weighted by atomic mass is 32.1. The van der Waals surface area contributed by atoms with Gasteiger partial charge in [-0.2, -0.15) is 5.10 Å². The summed E-state index contributed by atoms with van der Waals surface area (Å²) in [6, 6.07) is 1.76. The lowest BCUT2D eigenvalue weighted by atomic mass is 9.94. The molecule has 3 heterocycles. The van der Waals surface area contributed by atoms with Gasteiger partial charge in [0, 0.05) is 37.6 Å². The molecule has 2 aromatic rings. The molecule has 20 heavy (non-hydrogen) atoms. The number of aromatic nitrogens is 3. The Kier molecular flexibility index (Phi) is 3.43. The molecule has 1 saturated heterocycles. The maximum atomic E-state index is 12.3. The van der Waals surface area contributed by atoms with Gasteiger partial charge in [-0.1, -0.05) is 0 Å². The summed E-state index contributed by atoms with van der Waals surface area (Å²) in [5.41, 5.74) is 7.26. The van der Waals surface area contributed by atoms with Gasteiger partial charge in [-0.05, 0) is 18.9 Å². The molecule has 0 spiro atoms. The standard InChI is InChI=1S/C13H17N5OS/c1-17-5-4-10(16-17)12(19)18-6-2-9(3-7-18)11-8-20-13(14)15-11/h4-5,8-9H,2-3,6-7H2,1H3,(H2,14,15). The van der Waals surface area contributed by atoms with Crippen LogP contribution in [0.5, 0.6) is 0 Å². The number of likely N-dealkylation sites (tertiary alicyclic amines) is 1. The topological polar surface area (TPSA) is 77.0 Å². The Bertz CT molecular complexity index is 612. The molecule has 1 fully saturated rings. The molecule has 3 rings (SSSR count). The first kappa shape index (κ1) is 13.1. The maximum absolute atomic E-state index is 12.3. The lowest BCUT2D eigenvalue weighted by Gasteiger charge is -2.30. The van der Waals surface area contributed by atoms with Crippen molar-refractivity contribution in [1.29, 1.82) is 0 Å². The van der Waals surface area contributed by atoms with Crippen LogP contribution >= 0.6 is 11.3 Å². The second-order valence-electron chi connectivity index (χ2n) is 5.05. The van der Waals surface area contributed by atoms with Gasteiger partial charge in [-0.3, -0.25) is 9.48 Å². The largest absolute Gasteiger partial charge is 0.375 e. The van der Waals surface area contributed by atoms with Gasteiger partial charge in [0.1, 0.15) is 5.69 Å². The van der Waals surface area contributed by atoms with E-state index in [1.807, 2.05) is 17.3 Å². The summed E-state index contributed by atoms with van der Waals surface area (Å²) in [6.45, 7) is 1.50. The number of aryl methyl sites for hydroxylation is 1. The van der Waals surface area contributed by atoms with E-state index in [0.29, 0.717) is 16.7 Å². The minimum atomic E-state index is 0.0156. The van der Waals surface area contributed by atoms with Crippen molar-refractivity contribution in [2.75, 3.05) is 18.8 Å². The van der Waals surface area contributed by atoms with E-state index in [2.05, 4.69) is 10.1 Å². The average Bonchev–Trinajstić information content (AvgIpc) is 3.07. The van der Waals surface area contributed by atoms with Crippen LogP contribution in [0.1, 0.15) is 34.9 Å². The zero-order chi connectivity index (χ0) is 14.1. The van der Waals surface area contributed by atoms with Crippen molar-refractivity contribution in [3.63, 3.8) is 0 Å². The number of carbonyl (C=O) groups excluding carboxylic acids is 1. The highest BCUT2D eigenvalue weighted by molar-refractivity contribution is 7.13. The summed E-state index contributed by atoms with van der Waals surface area (Å²) in [5.74, 6) is 0.429. The van der Waals surface area contributed by atoms with Gasteiger partial charge in [-0.15, -0.1) is 11.3 Å². The third-order valence-electron chi connectivity index (χ3n) is 3.67. The lowest BCUT2D eigenvalue weighted by Crippen LogP contribution is -2.38. The molecule has 0 saturated carbocycles. The predicted molar refractivity (Wildman–Crippen MR) is 77.6 cm³/mol. The molecule has 2 aromatic heterocycles. The summed E-state index contributed by atoms with van der Waals surface area (Å²) in [4.78, 5) is 18.5. The molecule has 1 amide bonds. The van der Waals surface area contributed by atoms with Gasteiger partial charge in [0.2, 0.25) is 0 Å². The van der Waals surface area contributed by atoms with E-state index in [1.54, 1.807) is 16.9 Å². The fourth-order valence-corrected chi connectivity index (χ4v) is 3.20. The van der Waals surface area contributed by atoms with Crippen LogP contribution in [0.15, 0.2) is 17.6 Å². The van der Waals surface area contributed by atoms with Gasteiger partial charge in [-0.25, -0.2) is 4.98 Å². The normalized spacial score (nSPS) is 16.6. The van der Waals surface area contributed by atoms with Crippen LogP contribution in [0.4, 0.5) is 5.13 Å². The van der Waals surface area contributed by atoms with Crippen LogP contribution in [0.3, 0.4) is 0 Å². The summed E-state index contributed by atoms with van der Waals surface area (Å²) in [6.07, 6.45) is 3.65. The first-order valence-electron chi connectivity index (χ1n) is 6.63. The van der Waals surface area contributed by atoms with Crippen molar-refractivity contribution in [3.8, 4) is 0 Å². The van der Waals surface area contributed by atoms with Crippen molar-refractivity contribution in [1.82, 2.24) is 19.7 Å². The monoisotopic (exact) mass is 291 g/mol. The molecular weight excluding hydrogens is 274 g/mol. The van der Waals surface area contributed by atoms with E-state index in [-0.39, 0.29) is 5.91 Å². The van der Waals surface area contributed by atoms with Crippen LogP contribution in [-0.4, -0.2) is 38.7 Å². The molecule has 0 aliphatic carbocycles. The zero-order valence-electron chi connectivity index (χ0n) is 11.3. The molecule has 1 aliphatic rings. The second kappa shape index (κ2) is 5.24. The van der Waals surface area contributed by atoms with Crippen molar-refractivity contribution < 1.29 is 4.79 Å². The molecule has 0 bridgehead atoms. The molecule has 0 atom stereocenters. The van der Waals surface area contributed by atoms with Crippen molar-refractivity contribution >= 4 is 22.4 Å². The number of hydrogen-bond acceptors (Lipinski definition) is 5. The SMILES string of the molecule is Cn1ccc(C(=O)N2CCC(c3csc(N)n3)CC2)n1. The van der Waals surface area contributed by atoms with Crippen molar-refractivity contribution in [2.24, 2.45) is 7.05 Å². The number of nitrogen functional groups attached to an aromatic ring is 1. The number of nitrogens with two attached hydrogens (primary N) is 1. The van der Waals surface area contributed by atoms with E-state index >= 15 is 0 Å². The van der Waals surface area contributed by atoms with Crippen LogP contribution in [-0.2, 0) is 7.05 Å². The van der Waals surface area contributed by atoms with Crippen LogP contribution in [0.2, 0.25) is 0 Å². The van der Waals surface area contributed by atoms with Gasteiger partial charge in [0.05, 0.1) is 5.69 Å². The van der Waals surface area contributed by atoms with E-state index < -0.39 is 0 Å². The molecule has 7 heteroatoms. The number of piperidine rings is 1. The highest BCUT2D eigenvalue weighted by Gasteiger charge is 2.26. The quantitative estimate of drug-likeness (QED) is 0.909. The van der Waals surface area contributed by atoms with E-state index in [0.717, 1.165) is 31.6 Å². The first-order chi connectivity index (χ1) is 9.63. The Morgan fingerprint density at radius 3 is 2.75 bits per heavy atom. The number of rotatable bonds is 2. The van der Waals surface area contributed by atoms with E-state index in [9.17, 15) is 4.79 Å². The Morgan fingerprint density at radius 2 is 2.20 bits per heavy atom. The molecule has 0 aromatic carbocycles. The highest BCUT2D eigenvalue weighted by Crippen LogP contribution is 2.29. The van der Waals surface area contributed by atoms with Gasteiger partial charge >= 0.3 is 0 Å². The fourth-order valence-electron chi connectivity index (χ4n) is 2.56. The van der Waals surface area contributed by atoms with Crippen LogP contribution in [0, 0.1) is 0 Å². The third kappa shape index (κ3) is 2.53. The summed E-state index contributed by atoms with van der Waals surface area (Å²) >= 11 is 1.48. The van der Waals surface area contributed by atoms with E-state index in [4.69, 9.17) is 5.73 Å². The maximum Gasteiger partial charge on any atom is 0.274 e. The Hall–Kier alpha value is -1.89. The average molecular weight is 291 g/mol. The zero-order valence-corrected chi connectivity index (χ0v) is 12.1. The molecule has 0 radical (unpaired) electrons. The number of hydrogen-bond donors (Lipinski definition) is 1. The third-order valence-corrected chi connectivity index (χ3v) is 4.37. The van der Waals surface area contributed by atoms with Crippen molar-refractivity contribution in [3.05, 3.63) is 29.0 Å². The smallest absolute Gasteiger partial charge is 0.274 e. The molecule has 106 valence electrons. The summed E-state index contributed by atoms with van der Waals surface area (Å²) < 4.78 is 1.65. The van der Waals surface area contributed by atoms with Crippen LogP contribution in [0.25, 0.3) is 0 Å². The molecule has 0 unspecified atom stereocenters. The Balaban J connectivity index is 1.62. The Labute approximate surface area is 121 Å². The molecule has 2 N–H and O–H groups in total. The summed E-state index contributed by atoms with van der Waals surface area (Å²) in [7, 11) is 1.82.